The van der Waals surface area contributed by atoms with E-state index in [1.54, 1.807) is 0 Å². The number of fused-ring (bicyclic) bond motifs is 5. The molecule has 1 aromatic carbocycles. The van der Waals surface area contributed by atoms with E-state index in [2.05, 4.69) is 0 Å². The second kappa shape index (κ2) is 2.43. The summed E-state index contributed by atoms with van der Waals surface area (Å²) in [5, 5.41) is 10.6. The first-order valence-electron chi connectivity index (χ1n) is 5.38. The van der Waals surface area contributed by atoms with Crippen molar-refractivity contribution in [1.29, 1.82) is 0 Å². The third kappa shape index (κ3) is 0.911. The molecule has 1 aromatic rings. The summed E-state index contributed by atoms with van der Waals surface area (Å²) in [5.74, 6) is 0. The van der Waals surface area contributed by atoms with Gasteiger partial charge in [-0.15, -0.1) is 0 Å². The van der Waals surface area contributed by atoms with Crippen molar-refractivity contribution in [2.24, 2.45) is 0 Å². The fourth-order valence-electron chi connectivity index (χ4n) is 3.00. The highest BCUT2D eigenvalue weighted by atomic mass is 16.7. The molecule has 3 heteroatoms. The Kier molecular flexibility index (Phi) is 1.34. The molecule has 3 aliphatic rings. The first kappa shape index (κ1) is 8.28. The zero-order chi connectivity index (χ0) is 10.0. The molecule has 0 aromatic heterocycles. The highest BCUT2D eigenvalue weighted by molar-refractivity contribution is 5.31. The first-order valence-corrected chi connectivity index (χ1v) is 5.38. The van der Waals surface area contributed by atoms with E-state index >= 15 is 0 Å². The molecule has 3 aliphatic heterocycles. The molecule has 3 heterocycles. The molecule has 0 aliphatic carbocycles. The first-order chi connectivity index (χ1) is 7.29. The number of rotatable bonds is 1. The van der Waals surface area contributed by atoms with Gasteiger partial charge in [0.15, 0.2) is 0 Å². The molecule has 3 fully saturated rings. The van der Waals surface area contributed by atoms with Crippen molar-refractivity contribution in [2.45, 2.75) is 36.4 Å². The Hall–Kier alpha value is -0.900. The van der Waals surface area contributed by atoms with Gasteiger partial charge in [0, 0.05) is 6.42 Å². The largest absolute Gasteiger partial charge is 0.382 e. The molecule has 15 heavy (non-hydrogen) atoms. The van der Waals surface area contributed by atoms with Gasteiger partial charge in [-0.25, -0.2) is 0 Å². The third-order valence-electron chi connectivity index (χ3n) is 3.80. The van der Waals surface area contributed by atoms with E-state index in [1.807, 2.05) is 30.3 Å². The van der Waals surface area contributed by atoms with Gasteiger partial charge in [-0.05, 0) is 5.56 Å². The number of hydrogen-bond donors (Lipinski definition) is 1. The van der Waals surface area contributed by atoms with Crippen LogP contribution in [0.15, 0.2) is 30.3 Å². The van der Waals surface area contributed by atoms with Gasteiger partial charge >= 0.3 is 0 Å². The van der Waals surface area contributed by atoms with Crippen LogP contribution in [-0.2, 0) is 15.1 Å². The van der Waals surface area contributed by atoms with Crippen molar-refractivity contribution in [3.05, 3.63) is 35.9 Å². The van der Waals surface area contributed by atoms with Crippen LogP contribution in [0.1, 0.15) is 12.0 Å². The molecule has 2 bridgehead atoms. The molecule has 0 unspecified atom stereocenters. The Morgan fingerprint density at radius 1 is 1.13 bits per heavy atom. The lowest BCUT2D eigenvalue weighted by Crippen LogP contribution is -2.40. The van der Waals surface area contributed by atoms with E-state index in [0.717, 1.165) is 5.56 Å². The fraction of sp³-hybridized carbons (Fsp3) is 0.500. The molecule has 0 saturated carbocycles. The number of aliphatic hydroxyl groups is 1. The van der Waals surface area contributed by atoms with Crippen molar-refractivity contribution in [1.82, 2.24) is 0 Å². The summed E-state index contributed by atoms with van der Waals surface area (Å²) >= 11 is 0. The maximum atomic E-state index is 10.6. The second-order valence-electron chi connectivity index (χ2n) is 4.65. The molecular weight excluding hydrogens is 192 g/mol. The number of epoxide rings is 1. The van der Waals surface area contributed by atoms with Crippen LogP contribution in [0.2, 0.25) is 0 Å². The van der Waals surface area contributed by atoms with Gasteiger partial charge in [0.1, 0.15) is 23.9 Å². The zero-order valence-corrected chi connectivity index (χ0v) is 8.17. The number of ether oxygens (including phenoxy) is 2. The summed E-state index contributed by atoms with van der Waals surface area (Å²) in [6.07, 6.45) is 1.01. The van der Waals surface area contributed by atoms with Crippen LogP contribution in [0, 0.1) is 0 Å². The van der Waals surface area contributed by atoms with Gasteiger partial charge in [-0.2, -0.15) is 0 Å². The van der Waals surface area contributed by atoms with Gasteiger partial charge in [0.25, 0.3) is 0 Å². The lowest BCUT2D eigenvalue weighted by Gasteiger charge is -2.28. The molecule has 0 amide bonds. The monoisotopic (exact) mass is 204 g/mol. The summed E-state index contributed by atoms with van der Waals surface area (Å²) in [6.45, 7) is 0. The minimum Gasteiger partial charge on any atom is -0.382 e. The van der Waals surface area contributed by atoms with Crippen molar-refractivity contribution < 1.29 is 14.6 Å². The van der Waals surface area contributed by atoms with Gasteiger partial charge in [-0.1, -0.05) is 30.3 Å². The summed E-state index contributed by atoms with van der Waals surface area (Å²) < 4.78 is 11.2. The maximum absolute atomic E-state index is 10.6. The summed E-state index contributed by atoms with van der Waals surface area (Å²) in [5.41, 5.74) is 0.121. The normalized spacial score (nSPS) is 50.5. The van der Waals surface area contributed by atoms with Crippen LogP contribution in [0.3, 0.4) is 0 Å². The standard InChI is InChI=1S/C12H12O3/c13-12(7-4-2-1-3-5-7)6-8-9-10(15-9)11(12)14-8/h1-5,8-11,13H,6H2/t8-,9-,10-,11-,12+/m0/s1. The van der Waals surface area contributed by atoms with E-state index in [1.165, 1.54) is 0 Å². The predicted octanol–water partition coefficient (Wildman–Crippen LogP) is 0.813. The SMILES string of the molecule is O[C@@]1(c2ccccc2)C[C@@H]2O[C@H]1[C@H]1O[C@H]12. The average Bonchev–Trinajstić information content (AvgIpc) is 2.91. The Morgan fingerprint density at radius 2 is 1.93 bits per heavy atom. The lowest BCUT2D eigenvalue weighted by atomic mass is 9.80. The molecule has 5 atom stereocenters. The molecule has 78 valence electrons. The van der Waals surface area contributed by atoms with Crippen molar-refractivity contribution in [3.8, 4) is 0 Å². The minimum atomic E-state index is -0.830. The van der Waals surface area contributed by atoms with Crippen molar-refractivity contribution in [2.75, 3.05) is 0 Å². The highest BCUT2D eigenvalue weighted by Crippen LogP contribution is 2.56. The predicted molar refractivity (Wildman–Crippen MR) is 52.3 cm³/mol. The molecular formula is C12H12O3. The zero-order valence-electron chi connectivity index (χ0n) is 8.17. The van der Waals surface area contributed by atoms with Gasteiger partial charge in [-0.3, -0.25) is 0 Å². The van der Waals surface area contributed by atoms with Crippen LogP contribution in [0.5, 0.6) is 0 Å². The Morgan fingerprint density at radius 3 is 2.60 bits per heavy atom. The van der Waals surface area contributed by atoms with Gasteiger partial charge < -0.3 is 14.6 Å². The Labute approximate surface area is 87.6 Å². The van der Waals surface area contributed by atoms with E-state index < -0.39 is 5.60 Å². The molecule has 0 spiro atoms. The maximum Gasteiger partial charge on any atom is 0.121 e. The number of benzene rings is 1. The number of hydrogen-bond acceptors (Lipinski definition) is 3. The van der Waals surface area contributed by atoms with Crippen molar-refractivity contribution in [3.63, 3.8) is 0 Å². The molecule has 1 N–H and O–H groups in total. The van der Waals surface area contributed by atoms with Gasteiger partial charge in [0.2, 0.25) is 0 Å². The molecule has 3 nitrogen and oxygen atoms in total. The minimum absolute atomic E-state index is 0.102. The van der Waals surface area contributed by atoms with Crippen LogP contribution in [-0.4, -0.2) is 29.5 Å². The summed E-state index contributed by atoms with van der Waals surface area (Å²) in [7, 11) is 0. The Balaban J connectivity index is 1.77. The smallest absolute Gasteiger partial charge is 0.121 e. The summed E-state index contributed by atoms with van der Waals surface area (Å²) in [4.78, 5) is 0. The van der Waals surface area contributed by atoms with Crippen LogP contribution >= 0.6 is 0 Å². The second-order valence-corrected chi connectivity index (χ2v) is 4.65. The Bertz CT molecular complexity index is 405. The topological polar surface area (TPSA) is 42.0 Å². The molecule has 0 radical (unpaired) electrons. The fourth-order valence-corrected chi connectivity index (χ4v) is 3.00. The van der Waals surface area contributed by atoms with Crippen LogP contribution in [0.4, 0.5) is 0 Å². The van der Waals surface area contributed by atoms with E-state index in [0.29, 0.717) is 6.42 Å². The van der Waals surface area contributed by atoms with E-state index in [4.69, 9.17) is 9.47 Å². The molecule has 3 saturated heterocycles. The summed E-state index contributed by atoms with van der Waals surface area (Å²) in [6, 6.07) is 9.77. The lowest BCUT2D eigenvalue weighted by molar-refractivity contribution is -0.0609. The van der Waals surface area contributed by atoms with Crippen LogP contribution < -0.4 is 0 Å². The van der Waals surface area contributed by atoms with Crippen LogP contribution in [0.25, 0.3) is 0 Å². The quantitative estimate of drug-likeness (QED) is 0.688. The highest BCUT2D eigenvalue weighted by Gasteiger charge is 2.70. The van der Waals surface area contributed by atoms with E-state index in [-0.39, 0.29) is 24.4 Å². The van der Waals surface area contributed by atoms with Gasteiger partial charge in [0.05, 0.1) is 6.10 Å². The third-order valence-corrected chi connectivity index (χ3v) is 3.80. The molecule has 4 rings (SSSR count). The average molecular weight is 204 g/mol. The van der Waals surface area contributed by atoms with E-state index in [9.17, 15) is 5.11 Å². The van der Waals surface area contributed by atoms with Crippen molar-refractivity contribution >= 4 is 0 Å².